The molecule has 0 aromatic carbocycles. The van der Waals surface area contributed by atoms with E-state index in [9.17, 15) is 5.11 Å². The smallest absolute Gasteiger partial charge is 0.286 e. The second kappa shape index (κ2) is 3.13. The lowest BCUT2D eigenvalue weighted by molar-refractivity contribution is 0.311. The quantitative estimate of drug-likeness (QED) is 0.806. The monoisotopic (exact) mass is 232 g/mol. The summed E-state index contributed by atoms with van der Waals surface area (Å²) in [4.78, 5) is 0. The molecule has 1 aromatic rings. The van der Waals surface area contributed by atoms with E-state index in [4.69, 9.17) is 4.42 Å². The third kappa shape index (κ3) is 2.55. The number of aromatic hydroxyl groups is 1. The first-order chi connectivity index (χ1) is 5.38. The van der Waals surface area contributed by atoms with Crippen LogP contribution in [0.15, 0.2) is 15.2 Å². The van der Waals surface area contributed by atoms with Crippen LogP contribution < -0.4 is 0 Å². The van der Waals surface area contributed by atoms with Gasteiger partial charge in [0.1, 0.15) is 0 Å². The van der Waals surface area contributed by atoms with Crippen molar-refractivity contribution >= 4 is 15.9 Å². The van der Waals surface area contributed by atoms with Gasteiger partial charge >= 0.3 is 0 Å². The molecule has 0 spiro atoms. The molecule has 0 saturated carbocycles. The van der Waals surface area contributed by atoms with Crippen LogP contribution in [-0.2, 0) is 6.42 Å². The normalized spacial score (nSPS) is 12.0. The Hall–Kier alpha value is -0.440. The van der Waals surface area contributed by atoms with E-state index in [1.54, 1.807) is 6.07 Å². The van der Waals surface area contributed by atoms with Crippen molar-refractivity contribution in [1.29, 1.82) is 0 Å². The highest BCUT2D eigenvalue weighted by molar-refractivity contribution is 9.10. The summed E-state index contributed by atoms with van der Waals surface area (Å²) in [7, 11) is 0. The highest BCUT2D eigenvalue weighted by Crippen LogP contribution is 2.31. The molecule has 0 aliphatic rings. The van der Waals surface area contributed by atoms with E-state index < -0.39 is 0 Å². The molecule has 0 atom stereocenters. The molecule has 0 saturated heterocycles. The van der Waals surface area contributed by atoms with Crippen LogP contribution in [0.1, 0.15) is 26.3 Å². The van der Waals surface area contributed by atoms with Crippen LogP contribution in [0.3, 0.4) is 0 Å². The summed E-state index contributed by atoms with van der Waals surface area (Å²) in [6.45, 7) is 6.36. The SMILES string of the molecule is CC(C)(C)Cc1cc(Br)oc1O. The minimum Gasteiger partial charge on any atom is -0.480 e. The number of hydrogen-bond acceptors (Lipinski definition) is 2. The molecule has 12 heavy (non-hydrogen) atoms. The number of furan rings is 1. The van der Waals surface area contributed by atoms with E-state index in [0.717, 1.165) is 12.0 Å². The van der Waals surface area contributed by atoms with Crippen molar-refractivity contribution in [2.75, 3.05) is 0 Å². The third-order valence-corrected chi connectivity index (χ3v) is 1.87. The first-order valence-corrected chi connectivity index (χ1v) is 4.65. The fourth-order valence-electron chi connectivity index (χ4n) is 1.08. The average molecular weight is 233 g/mol. The molecular formula is C9H13BrO2. The highest BCUT2D eigenvalue weighted by atomic mass is 79.9. The lowest BCUT2D eigenvalue weighted by Crippen LogP contribution is -2.08. The van der Waals surface area contributed by atoms with Crippen molar-refractivity contribution in [3.63, 3.8) is 0 Å². The van der Waals surface area contributed by atoms with Crippen LogP contribution in [0.2, 0.25) is 0 Å². The molecule has 0 amide bonds. The molecule has 0 radical (unpaired) electrons. The lowest BCUT2D eigenvalue weighted by atomic mass is 9.89. The fourth-order valence-corrected chi connectivity index (χ4v) is 1.51. The van der Waals surface area contributed by atoms with Gasteiger partial charge in [-0.1, -0.05) is 20.8 Å². The van der Waals surface area contributed by atoms with Crippen molar-refractivity contribution in [3.8, 4) is 5.95 Å². The molecule has 1 N–H and O–H groups in total. The minimum absolute atomic E-state index is 0.0248. The van der Waals surface area contributed by atoms with Crippen LogP contribution in [0.5, 0.6) is 5.95 Å². The second-order valence-corrected chi connectivity index (χ2v) is 4.90. The first-order valence-electron chi connectivity index (χ1n) is 3.86. The molecule has 0 fully saturated rings. The Morgan fingerprint density at radius 3 is 2.42 bits per heavy atom. The van der Waals surface area contributed by atoms with Gasteiger partial charge < -0.3 is 9.52 Å². The van der Waals surface area contributed by atoms with Crippen molar-refractivity contribution in [1.82, 2.24) is 0 Å². The summed E-state index contributed by atoms with van der Waals surface area (Å²) in [6.07, 6.45) is 0.813. The Bertz CT molecular complexity index is 271. The Labute approximate surface area is 80.7 Å². The zero-order chi connectivity index (χ0) is 9.35. The first kappa shape index (κ1) is 9.65. The van der Waals surface area contributed by atoms with Crippen molar-refractivity contribution < 1.29 is 9.52 Å². The number of hydrogen-bond donors (Lipinski definition) is 1. The van der Waals surface area contributed by atoms with Crippen LogP contribution >= 0.6 is 15.9 Å². The van der Waals surface area contributed by atoms with Gasteiger partial charge in [-0.25, -0.2) is 0 Å². The molecule has 1 heterocycles. The van der Waals surface area contributed by atoms with Crippen molar-refractivity contribution in [2.24, 2.45) is 5.41 Å². The highest BCUT2D eigenvalue weighted by Gasteiger charge is 2.17. The van der Waals surface area contributed by atoms with Gasteiger partial charge in [-0.2, -0.15) is 0 Å². The molecule has 68 valence electrons. The molecule has 0 aliphatic carbocycles. The summed E-state index contributed by atoms with van der Waals surface area (Å²) < 4.78 is 5.52. The number of halogens is 1. The van der Waals surface area contributed by atoms with Gasteiger partial charge in [0.15, 0.2) is 4.67 Å². The molecule has 3 heteroatoms. The largest absolute Gasteiger partial charge is 0.480 e. The average Bonchev–Trinajstić information content (AvgIpc) is 2.06. The van der Waals surface area contributed by atoms with Gasteiger partial charge in [-0.05, 0) is 33.8 Å². The van der Waals surface area contributed by atoms with E-state index in [1.807, 2.05) is 0 Å². The van der Waals surface area contributed by atoms with E-state index in [0.29, 0.717) is 4.67 Å². The maximum Gasteiger partial charge on any atom is 0.286 e. The fraction of sp³-hybridized carbons (Fsp3) is 0.556. The van der Waals surface area contributed by atoms with Crippen LogP contribution in [0.4, 0.5) is 0 Å². The number of rotatable bonds is 1. The van der Waals surface area contributed by atoms with Crippen LogP contribution in [-0.4, -0.2) is 5.11 Å². The molecule has 0 aliphatic heterocycles. The molecule has 0 unspecified atom stereocenters. The van der Waals surface area contributed by atoms with Gasteiger partial charge in [0, 0.05) is 5.56 Å². The summed E-state index contributed by atoms with van der Waals surface area (Å²) in [5, 5.41) is 9.30. The zero-order valence-electron chi connectivity index (χ0n) is 7.52. The standard InChI is InChI=1S/C9H13BrO2/c1-9(2,3)5-6-4-7(10)12-8(6)11/h4,11H,5H2,1-3H3. The predicted molar refractivity (Wildman–Crippen MR) is 51.2 cm³/mol. The van der Waals surface area contributed by atoms with Gasteiger partial charge in [0.2, 0.25) is 0 Å². The second-order valence-electron chi connectivity index (χ2n) is 4.12. The third-order valence-electron chi connectivity index (χ3n) is 1.48. The summed E-state index contributed by atoms with van der Waals surface area (Å²) in [6, 6.07) is 1.81. The lowest BCUT2D eigenvalue weighted by Gasteiger charge is -2.16. The molecule has 1 rings (SSSR count). The van der Waals surface area contributed by atoms with E-state index in [2.05, 4.69) is 36.7 Å². The maximum absolute atomic E-state index is 9.30. The predicted octanol–water partition coefficient (Wildman–Crippen LogP) is 3.34. The van der Waals surface area contributed by atoms with Gasteiger partial charge in [-0.3, -0.25) is 0 Å². The van der Waals surface area contributed by atoms with E-state index >= 15 is 0 Å². The Morgan fingerprint density at radius 2 is 2.08 bits per heavy atom. The van der Waals surface area contributed by atoms with E-state index in [1.165, 1.54) is 0 Å². The molecular weight excluding hydrogens is 220 g/mol. The van der Waals surface area contributed by atoms with Crippen LogP contribution in [0.25, 0.3) is 0 Å². The van der Waals surface area contributed by atoms with Gasteiger partial charge in [0.05, 0.1) is 0 Å². The topological polar surface area (TPSA) is 33.4 Å². The Morgan fingerprint density at radius 1 is 1.50 bits per heavy atom. The van der Waals surface area contributed by atoms with Crippen LogP contribution in [0, 0.1) is 5.41 Å². The molecule has 2 nitrogen and oxygen atoms in total. The Balaban J connectivity index is 2.82. The summed E-state index contributed by atoms with van der Waals surface area (Å²) in [5.74, 6) is 0.0248. The van der Waals surface area contributed by atoms with Gasteiger partial charge in [0.25, 0.3) is 5.95 Å². The maximum atomic E-state index is 9.30. The molecule has 1 aromatic heterocycles. The summed E-state index contributed by atoms with van der Waals surface area (Å²) >= 11 is 3.16. The minimum atomic E-state index is 0.0248. The molecule has 0 bridgehead atoms. The zero-order valence-corrected chi connectivity index (χ0v) is 9.10. The summed E-state index contributed by atoms with van der Waals surface area (Å²) in [5.41, 5.74) is 1.02. The van der Waals surface area contributed by atoms with Gasteiger partial charge in [-0.15, -0.1) is 0 Å². The van der Waals surface area contributed by atoms with E-state index in [-0.39, 0.29) is 11.4 Å². The van der Waals surface area contributed by atoms with Crippen molar-refractivity contribution in [2.45, 2.75) is 27.2 Å². The Kier molecular flexibility index (Phi) is 2.52. The van der Waals surface area contributed by atoms with Crippen molar-refractivity contribution in [3.05, 3.63) is 16.3 Å².